The van der Waals surface area contributed by atoms with Gasteiger partial charge < -0.3 is 10.2 Å². The van der Waals surface area contributed by atoms with Crippen LogP contribution in [0.2, 0.25) is 0 Å². The van der Waals surface area contributed by atoms with Crippen molar-refractivity contribution in [2.24, 2.45) is 11.8 Å². The zero-order valence-corrected chi connectivity index (χ0v) is 13.2. The average molecular weight is 304 g/mol. The molecule has 1 aliphatic heterocycles. The maximum atomic E-state index is 13.1. The van der Waals surface area contributed by atoms with E-state index in [9.17, 15) is 9.18 Å². The zero-order chi connectivity index (χ0) is 15.5. The Kier molecular flexibility index (Phi) is 4.65. The van der Waals surface area contributed by atoms with Gasteiger partial charge in [0.15, 0.2) is 0 Å². The Morgan fingerprint density at radius 1 is 1.18 bits per heavy atom. The molecule has 2 fully saturated rings. The van der Waals surface area contributed by atoms with Crippen LogP contribution >= 0.6 is 0 Å². The number of nitrogens with zero attached hydrogens (tertiary/aromatic N) is 1. The van der Waals surface area contributed by atoms with Gasteiger partial charge in [-0.25, -0.2) is 9.18 Å². The maximum Gasteiger partial charge on any atom is 0.317 e. The van der Waals surface area contributed by atoms with Crippen molar-refractivity contribution in [1.82, 2.24) is 10.2 Å². The fraction of sp³-hybridized carbons (Fsp3) is 0.611. The molecule has 2 amide bonds. The van der Waals surface area contributed by atoms with E-state index in [2.05, 4.69) is 12.2 Å². The van der Waals surface area contributed by atoms with E-state index in [1.165, 1.54) is 18.6 Å². The highest BCUT2D eigenvalue weighted by Gasteiger charge is 2.31. The van der Waals surface area contributed by atoms with Crippen LogP contribution in [0.5, 0.6) is 0 Å². The van der Waals surface area contributed by atoms with E-state index >= 15 is 0 Å². The molecule has 2 aliphatic rings. The smallest absolute Gasteiger partial charge is 0.317 e. The third-order valence-corrected chi connectivity index (χ3v) is 5.20. The highest BCUT2D eigenvalue weighted by molar-refractivity contribution is 5.75. The van der Waals surface area contributed by atoms with E-state index in [1.807, 2.05) is 4.90 Å². The van der Waals surface area contributed by atoms with Crippen molar-refractivity contribution in [3.8, 4) is 0 Å². The molecule has 0 radical (unpaired) electrons. The summed E-state index contributed by atoms with van der Waals surface area (Å²) in [5.74, 6) is 0.967. The Morgan fingerprint density at radius 2 is 1.82 bits per heavy atom. The molecule has 1 N–H and O–H groups in total. The van der Waals surface area contributed by atoms with E-state index in [0.29, 0.717) is 11.8 Å². The number of rotatable bonds is 3. The van der Waals surface area contributed by atoms with Gasteiger partial charge in [0.1, 0.15) is 5.82 Å². The summed E-state index contributed by atoms with van der Waals surface area (Å²) in [6.45, 7) is 3.92. The first-order chi connectivity index (χ1) is 10.6. The number of hydrogen-bond donors (Lipinski definition) is 1. The fourth-order valence-corrected chi connectivity index (χ4v) is 3.35. The molecule has 3 nitrogen and oxygen atoms in total. The molecule has 3 rings (SSSR count). The van der Waals surface area contributed by atoms with Gasteiger partial charge in [0.2, 0.25) is 0 Å². The molecule has 1 aromatic carbocycles. The van der Waals surface area contributed by atoms with Crippen molar-refractivity contribution in [2.75, 3.05) is 13.1 Å². The minimum absolute atomic E-state index is 0.0150. The molecule has 1 heterocycles. The summed E-state index contributed by atoms with van der Waals surface area (Å²) in [6, 6.07) is 6.62. The molecule has 120 valence electrons. The molecule has 22 heavy (non-hydrogen) atoms. The molecule has 0 spiro atoms. The van der Waals surface area contributed by atoms with Gasteiger partial charge in [-0.1, -0.05) is 25.5 Å². The molecule has 1 unspecified atom stereocenters. The van der Waals surface area contributed by atoms with Crippen LogP contribution in [-0.4, -0.2) is 24.0 Å². The highest BCUT2D eigenvalue weighted by Crippen LogP contribution is 2.38. The number of carbonyl (C=O) groups is 1. The highest BCUT2D eigenvalue weighted by atomic mass is 19.1. The molecule has 1 aromatic rings. The number of benzene rings is 1. The van der Waals surface area contributed by atoms with Gasteiger partial charge in [-0.15, -0.1) is 0 Å². The summed E-state index contributed by atoms with van der Waals surface area (Å²) < 4.78 is 13.1. The second-order valence-electron chi connectivity index (χ2n) is 6.84. The molecule has 1 saturated carbocycles. The number of nitrogens with one attached hydrogen (secondary N) is 1. The molecular formula is C18H25FN2O. The van der Waals surface area contributed by atoms with Gasteiger partial charge in [-0.3, -0.25) is 0 Å². The quantitative estimate of drug-likeness (QED) is 0.895. The fourth-order valence-electron chi connectivity index (χ4n) is 3.35. The Labute approximate surface area is 131 Å². The van der Waals surface area contributed by atoms with Crippen LogP contribution in [0, 0.1) is 17.7 Å². The maximum absolute atomic E-state index is 13.1. The van der Waals surface area contributed by atoms with Crippen LogP contribution < -0.4 is 5.32 Å². The number of urea groups is 1. The van der Waals surface area contributed by atoms with E-state index in [-0.39, 0.29) is 17.9 Å². The summed E-state index contributed by atoms with van der Waals surface area (Å²) in [7, 11) is 0. The molecule has 4 heteroatoms. The summed E-state index contributed by atoms with van der Waals surface area (Å²) >= 11 is 0. The Balaban J connectivity index is 1.67. The zero-order valence-electron chi connectivity index (χ0n) is 13.2. The second-order valence-corrected chi connectivity index (χ2v) is 6.84. The van der Waals surface area contributed by atoms with Crippen molar-refractivity contribution in [3.05, 3.63) is 35.6 Å². The number of piperidine rings is 1. The van der Waals surface area contributed by atoms with Gasteiger partial charge in [-0.2, -0.15) is 0 Å². The van der Waals surface area contributed by atoms with Gasteiger partial charge in [0.05, 0.1) is 6.04 Å². The van der Waals surface area contributed by atoms with Gasteiger partial charge in [0, 0.05) is 13.1 Å². The monoisotopic (exact) mass is 304 g/mol. The van der Waals surface area contributed by atoms with Crippen LogP contribution in [0.3, 0.4) is 0 Å². The second kappa shape index (κ2) is 6.67. The van der Waals surface area contributed by atoms with E-state index in [4.69, 9.17) is 0 Å². The van der Waals surface area contributed by atoms with Crippen molar-refractivity contribution in [3.63, 3.8) is 0 Å². The van der Waals surface area contributed by atoms with Crippen LogP contribution in [0.1, 0.15) is 50.6 Å². The lowest BCUT2D eigenvalue weighted by molar-refractivity contribution is 0.157. The lowest BCUT2D eigenvalue weighted by Gasteiger charge is -2.37. The van der Waals surface area contributed by atoms with Crippen LogP contribution in [0.25, 0.3) is 0 Å². The summed E-state index contributed by atoms with van der Waals surface area (Å²) in [4.78, 5) is 14.5. The third-order valence-electron chi connectivity index (χ3n) is 5.20. The summed E-state index contributed by atoms with van der Waals surface area (Å²) in [6.07, 6.45) is 5.66. The first-order valence-electron chi connectivity index (χ1n) is 8.44. The molecule has 0 bridgehead atoms. The number of likely N-dealkylation sites (tertiary alicyclic amines) is 1. The molecule has 1 atom stereocenters. The van der Waals surface area contributed by atoms with Gasteiger partial charge in [0.25, 0.3) is 0 Å². The number of halogens is 1. The van der Waals surface area contributed by atoms with Crippen molar-refractivity contribution in [2.45, 2.75) is 45.1 Å². The lowest BCUT2D eigenvalue weighted by Crippen LogP contribution is -2.47. The molecule has 1 saturated heterocycles. The summed E-state index contributed by atoms with van der Waals surface area (Å²) in [5, 5.41) is 3.20. The average Bonchev–Trinajstić information content (AvgIpc) is 2.46. The molecular weight excluding hydrogens is 279 g/mol. The topological polar surface area (TPSA) is 32.3 Å². The van der Waals surface area contributed by atoms with E-state index in [0.717, 1.165) is 44.3 Å². The standard InChI is InChI=1S/C18H25FN2O/c1-13-9-11-21(12-10-13)18(22)20-17(14-3-2-4-14)15-5-7-16(19)8-6-15/h5-8,13-14,17H,2-4,9-12H2,1H3,(H,20,22). The number of carbonyl (C=O) groups excluding carboxylic acids is 1. The SMILES string of the molecule is CC1CCN(C(=O)NC(c2ccc(F)cc2)C2CCC2)CC1. The normalized spacial score (nSPS) is 21.3. The molecule has 0 aromatic heterocycles. The predicted octanol–water partition coefficient (Wildman–Crippen LogP) is 4.11. The van der Waals surface area contributed by atoms with Crippen LogP contribution in [-0.2, 0) is 0 Å². The minimum atomic E-state index is -0.229. The molecule has 1 aliphatic carbocycles. The Hall–Kier alpha value is -1.58. The largest absolute Gasteiger partial charge is 0.331 e. The lowest BCUT2D eigenvalue weighted by atomic mass is 9.77. The van der Waals surface area contributed by atoms with Gasteiger partial charge >= 0.3 is 6.03 Å². The van der Waals surface area contributed by atoms with E-state index in [1.54, 1.807) is 12.1 Å². The first-order valence-corrected chi connectivity index (χ1v) is 8.44. The Bertz CT molecular complexity index is 504. The Morgan fingerprint density at radius 3 is 2.36 bits per heavy atom. The number of hydrogen-bond acceptors (Lipinski definition) is 1. The first kappa shape index (κ1) is 15.3. The van der Waals surface area contributed by atoms with Crippen molar-refractivity contribution in [1.29, 1.82) is 0 Å². The van der Waals surface area contributed by atoms with E-state index < -0.39 is 0 Å². The predicted molar refractivity (Wildman–Crippen MR) is 85.0 cm³/mol. The van der Waals surface area contributed by atoms with Crippen LogP contribution in [0.15, 0.2) is 24.3 Å². The van der Waals surface area contributed by atoms with Gasteiger partial charge in [-0.05, 0) is 55.2 Å². The van der Waals surface area contributed by atoms with Crippen LogP contribution in [0.4, 0.5) is 9.18 Å². The minimum Gasteiger partial charge on any atom is -0.331 e. The van der Waals surface area contributed by atoms with Crippen molar-refractivity contribution < 1.29 is 9.18 Å². The number of amides is 2. The summed E-state index contributed by atoms with van der Waals surface area (Å²) in [5.41, 5.74) is 1.02. The third kappa shape index (κ3) is 3.42. The van der Waals surface area contributed by atoms with Crippen molar-refractivity contribution >= 4 is 6.03 Å².